The van der Waals surface area contributed by atoms with Crippen LogP contribution in [0.15, 0.2) is 4.42 Å². The summed E-state index contributed by atoms with van der Waals surface area (Å²) < 4.78 is 5.55. The Morgan fingerprint density at radius 1 is 1.27 bits per heavy atom. The van der Waals surface area contributed by atoms with E-state index in [1.165, 1.54) is 32.1 Å². The predicted molar refractivity (Wildman–Crippen MR) is 54.1 cm³/mol. The van der Waals surface area contributed by atoms with Gasteiger partial charge in [-0.1, -0.05) is 19.3 Å². The topological polar surface area (TPSA) is 62.7 Å². The Kier molecular flexibility index (Phi) is 3.33. The minimum absolute atomic E-state index is 0.451. The van der Waals surface area contributed by atoms with Crippen LogP contribution in [0.3, 0.4) is 0 Å². The van der Waals surface area contributed by atoms with Gasteiger partial charge in [0.1, 0.15) is 0 Å². The Morgan fingerprint density at radius 3 is 2.80 bits per heavy atom. The van der Waals surface area contributed by atoms with Gasteiger partial charge in [0, 0.05) is 18.8 Å². The van der Waals surface area contributed by atoms with Crippen molar-refractivity contribution in [1.29, 1.82) is 5.26 Å². The summed E-state index contributed by atoms with van der Waals surface area (Å²) in [5.41, 5.74) is 0. The number of aromatic nitrogens is 2. The molecule has 0 radical (unpaired) electrons. The van der Waals surface area contributed by atoms with Crippen molar-refractivity contribution in [3.05, 3.63) is 11.8 Å². The summed E-state index contributed by atoms with van der Waals surface area (Å²) in [5.74, 6) is 1.85. The van der Waals surface area contributed by atoms with Crippen molar-refractivity contribution in [3.63, 3.8) is 0 Å². The Bertz CT molecular complexity index is 347. The molecule has 1 fully saturated rings. The van der Waals surface area contributed by atoms with Crippen LogP contribution < -0.4 is 0 Å². The molecule has 4 heteroatoms. The minimum atomic E-state index is 0.451. The van der Waals surface area contributed by atoms with Gasteiger partial charge >= 0.3 is 0 Å². The van der Waals surface area contributed by atoms with Crippen LogP contribution in [-0.4, -0.2) is 10.2 Å². The van der Waals surface area contributed by atoms with Crippen molar-refractivity contribution in [2.24, 2.45) is 0 Å². The van der Waals surface area contributed by atoms with E-state index in [2.05, 4.69) is 16.3 Å². The second-order valence-electron chi connectivity index (χ2n) is 4.03. The van der Waals surface area contributed by atoms with Crippen molar-refractivity contribution in [1.82, 2.24) is 10.2 Å². The van der Waals surface area contributed by atoms with Crippen LogP contribution in [0, 0.1) is 11.3 Å². The molecule has 1 aliphatic rings. The number of hydrogen-bond donors (Lipinski definition) is 0. The Hall–Kier alpha value is -1.37. The molecule has 0 aliphatic heterocycles. The first-order valence-corrected chi connectivity index (χ1v) is 5.59. The first-order chi connectivity index (χ1) is 7.40. The third-order valence-electron chi connectivity index (χ3n) is 2.89. The molecular formula is C11H15N3O. The summed E-state index contributed by atoms with van der Waals surface area (Å²) in [6, 6.07) is 2.08. The Balaban J connectivity index is 1.96. The van der Waals surface area contributed by atoms with Gasteiger partial charge in [0.05, 0.1) is 6.07 Å². The van der Waals surface area contributed by atoms with Crippen LogP contribution in [0.1, 0.15) is 56.2 Å². The molecule has 4 nitrogen and oxygen atoms in total. The van der Waals surface area contributed by atoms with E-state index in [1.807, 2.05) is 0 Å². The number of nitrogens with zero attached hydrogens (tertiary/aromatic N) is 3. The second-order valence-corrected chi connectivity index (χ2v) is 4.03. The maximum Gasteiger partial charge on any atom is 0.219 e. The molecule has 0 unspecified atom stereocenters. The lowest BCUT2D eigenvalue weighted by Gasteiger charge is -2.17. The molecule has 0 bridgehead atoms. The van der Waals surface area contributed by atoms with E-state index in [0.717, 1.165) is 5.89 Å². The Morgan fingerprint density at radius 2 is 2.07 bits per heavy atom. The quantitative estimate of drug-likeness (QED) is 0.760. The molecule has 2 rings (SSSR count). The fourth-order valence-electron chi connectivity index (χ4n) is 2.04. The van der Waals surface area contributed by atoms with Gasteiger partial charge in [-0.15, -0.1) is 10.2 Å². The number of hydrogen-bond acceptors (Lipinski definition) is 4. The number of rotatable bonds is 3. The maximum atomic E-state index is 8.44. The zero-order valence-electron chi connectivity index (χ0n) is 8.78. The molecule has 80 valence electrons. The van der Waals surface area contributed by atoms with E-state index < -0.39 is 0 Å². The van der Waals surface area contributed by atoms with Gasteiger partial charge in [0.25, 0.3) is 0 Å². The largest absolute Gasteiger partial charge is 0.425 e. The van der Waals surface area contributed by atoms with Crippen LogP contribution in [-0.2, 0) is 6.42 Å². The van der Waals surface area contributed by atoms with E-state index in [4.69, 9.17) is 9.68 Å². The monoisotopic (exact) mass is 205 g/mol. The van der Waals surface area contributed by atoms with Crippen LogP contribution in [0.2, 0.25) is 0 Å². The van der Waals surface area contributed by atoms with Crippen molar-refractivity contribution < 1.29 is 4.42 Å². The van der Waals surface area contributed by atoms with Crippen LogP contribution in [0.5, 0.6) is 0 Å². The molecular weight excluding hydrogens is 190 g/mol. The maximum absolute atomic E-state index is 8.44. The number of nitriles is 1. The molecule has 1 saturated carbocycles. The first-order valence-electron chi connectivity index (χ1n) is 5.59. The second kappa shape index (κ2) is 4.92. The van der Waals surface area contributed by atoms with E-state index in [-0.39, 0.29) is 0 Å². The molecule has 0 N–H and O–H groups in total. The standard InChI is InChI=1S/C11H15N3O/c12-8-4-7-10-13-14-11(15-10)9-5-2-1-3-6-9/h9H,1-7H2. The molecule has 1 heterocycles. The average Bonchev–Trinajstić information content (AvgIpc) is 2.76. The molecule has 0 amide bonds. The lowest BCUT2D eigenvalue weighted by Crippen LogP contribution is -2.04. The summed E-state index contributed by atoms with van der Waals surface area (Å²) in [4.78, 5) is 0. The molecule has 1 aliphatic carbocycles. The summed E-state index contributed by atoms with van der Waals surface area (Å²) in [7, 11) is 0. The lowest BCUT2D eigenvalue weighted by molar-refractivity contribution is 0.351. The minimum Gasteiger partial charge on any atom is -0.425 e. The fraction of sp³-hybridized carbons (Fsp3) is 0.727. The van der Waals surface area contributed by atoms with Gasteiger partial charge in [0.2, 0.25) is 11.8 Å². The van der Waals surface area contributed by atoms with E-state index >= 15 is 0 Å². The van der Waals surface area contributed by atoms with Crippen LogP contribution in [0.4, 0.5) is 0 Å². The predicted octanol–water partition coefficient (Wildman–Crippen LogP) is 2.57. The SMILES string of the molecule is N#CCCc1nnc(C2CCCCC2)o1. The van der Waals surface area contributed by atoms with Crippen LogP contribution >= 0.6 is 0 Å². The normalized spacial score (nSPS) is 17.5. The van der Waals surface area contributed by atoms with Crippen molar-refractivity contribution in [3.8, 4) is 6.07 Å². The van der Waals surface area contributed by atoms with Gasteiger partial charge in [-0.2, -0.15) is 5.26 Å². The fourth-order valence-corrected chi connectivity index (χ4v) is 2.04. The van der Waals surface area contributed by atoms with Gasteiger partial charge in [-0.25, -0.2) is 0 Å². The van der Waals surface area contributed by atoms with E-state index in [9.17, 15) is 0 Å². The summed E-state index contributed by atoms with van der Waals surface area (Å²) in [6.07, 6.45) is 7.22. The van der Waals surface area contributed by atoms with Crippen LogP contribution in [0.25, 0.3) is 0 Å². The zero-order chi connectivity index (χ0) is 10.5. The molecule has 0 saturated heterocycles. The van der Waals surface area contributed by atoms with Crippen molar-refractivity contribution >= 4 is 0 Å². The third kappa shape index (κ3) is 2.56. The smallest absolute Gasteiger partial charge is 0.219 e. The summed E-state index contributed by atoms with van der Waals surface area (Å²) >= 11 is 0. The Labute approximate surface area is 89.3 Å². The van der Waals surface area contributed by atoms with Crippen molar-refractivity contribution in [2.45, 2.75) is 50.9 Å². The summed E-state index contributed by atoms with van der Waals surface area (Å²) in [6.45, 7) is 0. The molecule has 1 aromatic heterocycles. The van der Waals surface area contributed by atoms with Gasteiger partial charge in [-0.3, -0.25) is 0 Å². The number of aryl methyl sites for hydroxylation is 1. The molecule has 0 atom stereocenters. The molecule has 15 heavy (non-hydrogen) atoms. The van der Waals surface area contributed by atoms with E-state index in [1.54, 1.807) is 0 Å². The van der Waals surface area contributed by atoms with Gasteiger partial charge in [-0.05, 0) is 12.8 Å². The highest BCUT2D eigenvalue weighted by Crippen LogP contribution is 2.31. The third-order valence-corrected chi connectivity index (χ3v) is 2.89. The van der Waals surface area contributed by atoms with Gasteiger partial charge in [0.15, 0.2) is 0 Å². The lowest BCUT2D eigenvalue weighted by atomic mass is 9.89. The zero-order valence-corrected chi connectivity index (χ0v) is 8.78. The first kappa shape index (κ1) is 10.2. The summed E-state index contributed by atoms with van der Waals surface area (Å²) in [5, 5.41) is 16.5. The van der Waals surface area contributed by atoms with E-state index in [0.29, 0.717) is 24.7 Å². The highest BCUT2D eigenvalue weighted by molar-refractivity contribution is 4.94. The average molecular weight is 205 g/mol. The molecule has 0 aromatic carbocycles. The molecule has 1 aromatic rings. The van der Waals surface area contributed by atoms with Gasteiger partial charge < -0.3 is 4.42 Å². The highest BCUT2D eigenvalue weighted by Gasteiger charge is 2.20. The molecule has 0 spiro atoms. The van der Waals surface area contributed by atoms with Crippen molar-refractivity contribution in [2.75, 3.05) is 0 Å². The highest BCUT2D eigenvalue weighted by atomic mass is 16.4.